The van der Waals surface area contributed by atoms with Crippen LogP contribution < -0.4 is 5.32 Å². The Morgan fingerprint density at radius 3 is 2.41 bits per heavy atom. The fourth-order valence-corrected chi connectivity index (χ4v) is 7.54. The van der Waals surface area contributed by atoms with Crippen molar-refractivity contribution < 1.29 is 38.9 Å². The van der Waals surface area contributed by atoms with Gasteiger partial charge in [-0.05, 0) is 88.4 Å². The number of ketones is 1. The number of likely N-dealkylation sites (tertiary alicyclic amines) is 1. The predicted octanol–water partition coefficient (Wildman–Crippen LogP) is 4.13. The third kappa shape index (κ3) is 8.49. The van der Waals surface area contributed by atoms with Crippen molar-refractivity contribution >= 4 is 23.6 Å². The molecule has 2 saturated heterocycles. The van der Waals surface area contributed by atoms with E-state index in [0.717, 1.165) is 31.3 Å². The van der Waals surface area contributed by atoms with Crippen LogP contribution in [0.15, 0.2) is 12.2 Å². The minimum Gasteiger partial charge on any atom is -0.480 e. The van der Waals surface area contributed by atoms with E-state index in [1.807, 2.05) is 20.8 Å². The van der Waals surface area contributed by atoms with Crippen molar-refractivity contribution in [1.29, 1.82) is 0 Å². The van der Waals surface area contributed by atoms with E-state index >= 15 is 0 Å². The Kier molecular flexibility index (Phi) is 13.0. The number of rotatable bonds is 13. The number of carboxylic acids is 1. The molecule has 2 amide bonds. The van der Waals surface area contributed by atoms with Crippen LogP contribution in [0.2, 0.25) is 0 Å². The molecular formula is C34H56N2O8. The molecule has 3 rings (SSSR count). The summed E-state index contributed by atoms with van der Waals surface area (Å²) in [6, 6.07) is -2.05. The van der Waals surface area contributed by atoms with Gasteiger partial charge in [-0.25, -0.2) is 4.79 Å². The number of carbonyl (C=O) groups excluding carboxylic acids is 3. The van der Waals surface area contributed by atoms with Gasteiger partial charge in [0.05, 0.1) is 12.2 Å². The number of ether oxygens (including phenoxy) is 2. The lowest BCUT2D eigenvalue weighted by Gasteiger charge is -2.44. The summed E-state index contributed by atoms with van der Waals surface area (Å²) in [6.07, 6.45) is 6.57. The van der Waals surface area contributed by atoms with Gasteiger partial charge in [-0.15, -0.1) is 0 Å². The molecule has 2 aliphatic heterocycles. The maximum absolute atomic E-state index is 13.9. The monoisotopic (exact) mass is 620 g/mol. The molecule has 0 aromatic heterocycles. The Bertz CT molecular complexity index is 1050. The quantitative estimate of drug-likeness (QED) is 0.206. The van der Waals surface area contributed by atoms with Crippen LogP contribution >= 0.6 is 0 Å². The number of amides is 2. The van der Waals surface area contributed by atoms with Crippen molar-refractivity contribution in [3.63, 3.8) is 0 Å². The zero-order chi connectivity index (χ0) is 32.8. The SMILES string of the molecule is C=C(C)[C@H](C[C@@H]1CC[C@@H](C)[C@](C)(C(=O)C(=O)N2CCCC[C@H]2C(=O)N[C@@H](C(=O)O)[C@H](C)C[C@@H]2CC[C@@H](C)[C@H](CO)C2)O1)OC. The first-order chi connectivity index (χ1) is 20.7. The van der Waals surface area contributed by atoms with Gasteiger partial charge in [0.2, 0.25) is 5.91 Å². The summed E-state index contributed by atoms with van der Waals surface area (Å²) < 4.78 is 11.9. The molecule has 3 fully saturated rings. The maximum Gasteiger partial charge on any atom is 0.326 e. The van der Waals surface area contributed by atoms with E-state index in [4.69, 9.17) is 9.47 Å². The highest BCUT2D eigenvalue weighted by Crippen LogP contribution is 2.39. The lowest BCUT2D eigenvalue weighted by atomic mass is 9.72. The minimum absolute atomic E-state index is 0.126. The number of nitrogens with zero attached hydrogens (tertiary/aromatic N) is 1. The number of aliphatic hydroxyl groups excluding tert-OH is 1. The second-order valence-corrected chi connectivity index (χ2v) is 14.1. The van der Waals surface area contributed by atoms with Gasteiger partial charge in [0.25, 0.3) is 11.7 Å². The fraction of sp³-hybridized carbons (Fsp3) is 0.824. The van der Waals surface area contributed by atoms with Crippen molar-refractivity contribution in [2.75, 3.05) is 20.3 Å². The molecule has 0 radical (unpaired) electrons. The summed E-state index contributed by atoms with van der Waals surface area (Å²) in [5.74, 6) is -2.72. The Hall–Kier alpha value is -2.30. The van der Waals surface area contributed by atoms with Gasteiger partial charge in [-0.2, -0.15) is 0 Å². The molecule has 0 unspecified atom stereocenters. The van der Waals surface area contributed by atoms with Crippen LogP contribution in [0.25, 0.3) is 0 Å². The zero-order valence-electron chi connectivity index (χ0n) is 27.7. The van der Waals surface area contributed by atoms with Crippen LogP contribution in [0, 0.1) is 29.6 Å². The van der Waals surface area contributed by atoms with E-state index in [1.165, 1.54) is 4.90 Å². The van der Waals surface area contributed by atoms with Gasteiger partial charge < -0.3 is 29.9 Å². The van der Waals surface area contributed by atoms with Crippen LogP contribution in [0.5, 0.6) is 0 Å². The number of aliphatic carboxylic acids is 1. The highest BCUT2D eigenvalue weighted by Gasteiger charge is 2.50. The Labute approximate surface area is 263 Å². The third-order valence-corrected chi connectivity index (χ3v) is 10.8. The van der Waals surface area contributed by atoms with Crippen molar-refractivity contribution in [1.82, 2.24) is 10.2 Å². The number of methoxy groups -OCH3 is 1. The van der Waals surface area contributed by atoms with Gasteiger partial charge in [0.1, 0.15) is 17.7 Å². The van der Waals surface area contributed by atoms with Gasteiger partial charge in [0.15, 0.2) is 0 Å². The van der Waals surface area contributed by atoms with Crippen LogP contribution in [-0.2, 0) is 28.7 Å². The number of hydrogen-bond donors (Lipinski definition) is 3. The lowest BCUT2D eigenvalue weighted by molar-refractivity contribution is -0.183. The number of carboxylic acid groups (broad SMARTS) is 1. The molecule has 250 valence electrons. The first-order valence-electron chi connectivity index (χ1n) is 16.6. The number of carbonyl (C=O) groups is 4. The molecule has 10 heteroatoms. The molecule has 10 atom stereocenters. The molecule has 1 aliphatic carbocycles. The Balaban J connectivity index is 1.70. The summed E-state index contributed by atoms with van der Waals surface area (Å²) in [6.45, 7) is 13.8. The van der Waals surface area contributed by atoms with Crippen LogP contribution in [0.1, 0.15) is 98.8 Å². The normalized spacial score (nSPS) is 33.1. The van der Waals surface area contributed by atoms with Crippen molar-refractivity contribution in [3.8, 4) is 0 Å². The number of Topliss-reactive ketones (excluding diaryl/α,β-unsaturated/α-hetero) is 1. The molecule has 0 bridgehead atoms. The molecule has 10 nitrogen and oxygen atoms in total. The fourth-order valence-electron chi connectivity index (χ4n) is 7.54. The third-order valence-electron chi connectivity index (χ3n) is 10.8. The Morgan fingerprint density at radius 1 is 1.09 bits per heavy atom. The van der Waals surface area contributed by atoms with Crippen molar-refractivity contribution in [2.24, 2.45) is 29.6 Å². The molecule has 0 spiro atoms. The molecular weight excluding hydrogens is 564 g/mol. The second kappa shape index (κ2) is 15.8. The topological polar surface area (TPSA) is 142 Å². The second-order valence-electron chi connectivity index (χ2n) is 14.1. The van der Waals surface area contributed by atoms with Crippen molar-refractivity contribution in [3.05, 3.63) is 12.2 Å². The van der Waals surface area contributed by atoms with Crippen LogP contribution in [0.3, 0.4) is 0 Å². The standard InChI is InChI=1S/C34H56N2O8/c1-20(2)28(43-7)18-26-14-12-23(5)34(6,44-26)30(38)32(40)36-15-9-8-10-27(36)31(39)35-29(33(41)42)22(4)16-24-13-11-21(3)25(17-24)19-37/h21-29,37H,1,8-19H2,2-7H3,(H,35,39)(H,41,42)/t21-,22-,23-,24+,25+,26+,27+,28+,29-,34-/m1/s1. The maximum atomic E-state index is 13.9. The lowest BCUT2D eigenvalue weighted by Crippen LogP contribution is -2.61. The van der Waals surface area contributed by atoms with Crippen LogP contribution in [0.4, 0.5) is 0 Å². The summed E-state index contributed by atoms with van der Waals surface area (Å²) in [5, 5.41) is 22.6. The van der Waals surface area contributed by atoms with Gasteiger partial charge in [-0.1, -0.05) is 45.8 Å². The highest BCUT2D eigenvalue weighted by atomic mass is 16.5. The number of hydrogen-bond acceptors (Lipinski definition) is 7. The summed E-state index contributed by atoms with van der Waals surface area (Å²) >= 11 is 0. The predicted molar refractivity (Wildman–Crippen MR) is 167 cm³/mol. The smallest absolute Gasteiger partial charge is 0.326 e. The first kappa shape index (κ1) is 36.2. The largest absolute Gasteiger partial charge is 0.480 e. The molecule has 3 N–H and O–H groups in total. The van der Waals surface area contributed by atoms with Gasteiger partial charge >= 0.3 is 5.97 Å². The van der Waals surface area contributed by atoms with E-state index < -0.39 is 41.3 Å². The summed E-state index contributed by atoms with van der Waals surface area (Å²) in [5.41, 5.74) is -0.494. The molecule has 0 aromatic rings. The van der Waals surface area contributed by atoms with Crippen molar-refractivity contribution in [2.45, 2.75) is 129 Å². The molecule has 0 aromatic carbocycles. The number of nitrogens with one attached hydrogen (secondary N) is 1. The van der Waals surface area contributed by atoms with Gasteiger partial charge in [-0.3, -0.25) is 14.4 Å². The van der Waals surface area contributed by atoms with Crippen LogP contribution in [-0.4, -0.2) is 88.8 Å². The molecule has 1 saturated carbocycles. The summed E-state index contributed by atoms with van der Waals surface area (Å²) in [4.78, 5) is 54.9. The molecule has 2 heterocycles. The average Bonchev–Trinajstić information content (AvgIpc) is 2.99. The summed E-state index contributed by atoms with van der Waals surface area (Å²) in [7, 11) is 1.61. The van der Waals surface area contributed by atoms with E-state index in [-0.39, 0.29) is 49.0 Å². The molecule has 3 aliphatic rings. The Morgan fingerprint density at radius 2 is 1.80 bits per heavy atom. The average molecular weight is 621 g/mol. The number of aliphatic hydroxyl groups is 1. The van der Waals surface area contributed by atoms with E-state index in [2.05, 4.69) is 18.8 Å². The van der Waals surface area contributed by atoms with E-state index in [9.17, 15) is 29.4 Å². The highest BCUT2D eigenvalue weighted by molar-refractivity contribution is 6.39. The number of piperidine rings is 1. The van der Waals surface area contributed by atoms with E-state index in [0.29, 0.717) is 44.4 Å². The minimum atomic E-state index is -1.35. The molecule has 44 heavy (non-hydrogen) atoms. The van der Waals surface area contributed by atoms with E-state index in [1.54, 1.807) is 14.0 Å². The zero-order valence-corrected chi connectivity index (χ0v) is 27.7. The van der Waals surface area contributed by atoms with Gasteiger partial charge in [0, 0.05) is 26.7 Å². The first-order valence-corrected chi connectivity index (χ1v) is 16.6.